The molecule has 1 aliphatic carbocycles. The number of aliphatic hydroxyl groups is 1. The predicted octanol–water partition coefficient (Wildman–Crippen LogP) is 3.34. The van der Waals surface area contributed by atoms with Crippen LogP contribution in [-0.4, -0.2) is 11.5 Å². The molecule has 1 aromatic carbocycles. The molecule has 0 heterocycles. The molecule has 0 aromatic heterocycles. The molecule has 1 fully saturated rings. The van der Waals surface area contributed by atoms with Crippen molar-refractivity contribution < 1.29 is 23.0 Å². The molecule has 0 unspecified atom stereocenters. The summed E-state index contributed by atoms with van der Waals surface area (Å²) in [6.45, 7) is 0.632. The van der Waals surface area contributed by atoms with Gasteiger partial charge >= 0.3 is 6.36 Å². The molecule has 0 saturated heterocycles. The van der Waals surface area contributed by atoms with Crippen LogP contribution in [0.25, 0.3) is 0 Å². The lowest BCUT2D eigenvalue weighted by molar-refractivity contribution is -0.274. The minimum Gasteiger partial charge on any atom is -0.405 e. The number of hydrogen-bond donors (Lipinski definition) is 1. The summed E-state index contributed by atoms with van der Waals surface area (Å²) in [6, 6.07) is 4.37. The third kappa shape index (κ3) is 2.66. The number of alkyl halides is 3. The summed E-state index contributed by atoms with van der Waals surface area (Å²) < 4.78 is 39.8. The Hall–Kier alpha value is -1.23. The lowest BCUT2D eigenvalue weighted by Gasteiger charge is -2.12. The quantitative estimate of drug-likeness (QED) is 0.864. The number of halogens is 3. The van der Waals surface area contributed by atoms with Gasteiger partial charge in [-0.25, -0.2) is 0 Å². The van der Waals surface area contributed by atoms with Gasteiger partial charge in [0.25, 0.3) is 0 Å². The Morgan fingerprint density at radius 1 is 1.31 bits per heavy atom. The third-order valence-electron chi connectivity index (χ3n) is 2.45. The second kappa shape index (κ2) is 3.97. The van der Waals surface area contributed by atoms with E-state index in [0.717, 1.165) is 18.4 Å². The molecule has 0 spiro atoms. The van der Waals surface area contributed by atoms with Gasteiger partial charge in [0.05, 0.1) is 0 Å². The van der Waals surface area contributed by atoms with Crippen LogP contribution in [0.4, 0.5) is 13.2 Å². The molecule has 16 heavy (non-hydrogen) atoms. The van der Waals surface area contributed by atoms with Crippen molar-refractivity contribution in [1.82, 2.24) is 0 Å². The summed E-state index contributed by atoms with van der Waals surface area (Å²) in [5.41, 5.74) is 0.997. The molecular weight excluding hydrogens is 221 g/mol. The van der Waals surface area contributed by atoms with Crippen molar-refractivity contribution in [2.24, 2.45) is 0 Å². The maximum absolute atomic E-state index is 12.0. The van der Waals surface area contributed by atoms with E-state index in [1.54, 1.807) is 6.07 Å². The molecule has 1 N–H and O–H groups in total. The molecular formula is C11H10F3O2. The third-order valence-corrected chi connectivity index (χ3v) is 2.45. The van der Waals surface area contributed by atoms with Crippen molar-refractivity contribution in [3.05, 3.63) is 35.9 Å². The van der Waals surface area contributed by atoms with Crippen LogP contribution in [0.1, 0.15) is 29.9 Å². The number of ether oxygens (including phenoxy) is 1. The molecule has 2 rings (SSSR count). The van der Waals surface area contributed by atoms with E-state index in [0.29, 0.717) is 12.5 Å². The lowest BCUT2D eigenvalue weighted by Crippen LogP contribution is -2.18. The van der Waals surface area contributed by atoms with Crippen molar-refractivity contribution in [2.45, 2.75) is 25.1 Å². The van der Waals surface area contributed by atoms with Gasteiger partial charge in [-0.05, 0) is 36.5 Å². The first-order valence-corrected chi connectivity index (χ1v) is 4.87. The van der Waals surface area contributed by atoms with E-state index < -0.39 is 6.36 Å². The van der Waals surface area contributed by atoms with E-state index in [9.17, 15) is 13.2 Å². The van der Waals surface area contributed by atoms with Crippen molar-refractivity contribution in [3.8, 4) is 5.75 Å². The van der Waals surface area contributed by atoms with E-state index in [4.69, 9.17) is 5.11 Å². The summed E-state index contributed by atoms with van der Waals surface area (Å²) in [4.78, 5) is 0. The average Bonchev–Trinajstić information content (AvgIpc) is 2.99. The first kappa shape index (κ1) is 11.3. The van der Waals surface area contributed by atoms with E-state index in [1.807, 2.05) is 0 Å². The van der Waals surface area contributed by atoms with Gasteiger partial charge in [-0.2, -0.15) is 0 Å². The van der Waals surface area contributed by atoms with Crippen molar-refractivity contribution in [3.63, 3.8) is 0 Å². The molecule has 0 aliphatic heterocycles. The van der Waals surface area contributed by atoms with Crippen molar-refractivity contribution in [2.75, 3.05) is 0 Å². The minimum atomic E-state index is -4.74. The van der Waals surface area contributed by atoms with Crippen LogP contribution in [0.15, 0.2) is 18.2 Å². The molecule has 1 aliphatic rings. The van der Waals surface area contributed by atoms with Crippen molar-refractivity contribution in [1.29, 1.82) is 0 Å². The van der Waals surface area contributed by atoms with Gasteiger partial charge in [-0.15, -0.1) is 13.2 Å². The number of rotatable bonds is 3. The predicted molar refractivity (Wildman–Crippen MR) is 50.4 cm³/mol. The smallest absolute Gasteiger partial charge is 0.405 e. The van der Waals surface area contributed by atoms with Crippen LogP contribution >= 0.6 is 0 Å². The molecule has 0 atom stereocenters. The molecule has 1 radical (unpaired) electrons. The second-order valence-electron chi connectivity index (χ2n) is 3.75. The molecule has 0 amide bonds. The zero-order valence-corrected chi connectivity index (χ0v) is 8.29. The molecule has 5 heteroatoms. The molecule has 87 valence electrons. The fraction of sp³-hybridized carbons (Fsp3) is 0.364. The SMILES string of the molecule is O[CH]c1cc(C2CC2)ccc1OC(F)(F)F. The Labute approximate surface area is 90.7 Å². The lowest BCUT2D eigenvalue weighted by atomic mass is 10.1. The summed E-state index contributed by atoms with van der Waals surface area (Å²) in [6.07, 6.45) is -2.65. The standard InChI is InChI=1S/C11H10F3O2/c12-11(13,14)16-10-4-3-8(7-1-2-7)5-9(10)6-15/h3-7,15H,1-2H2. The molecule has 0 bridgehead atoms. The van der Waals surface area contributed by atoms with E-state index in [1.165, 1.54) is 12.1 Å². The summed E-state index contributed by atoms with van der Waals surface area (Å²) in [5.74, 6) is 0.0398. The fourth-order valence-electron chi connectivity index (χ4n) is 1.56. The highest BCUT2D eigenvalue weighted by Crippen LogP contribution is 2.41. The number of hydrogen-bond acceptors (Lipinski definition) is 2. The van der Waals surface area contributed by atoms with Gasteiger partial charge in [0.15, 0.2) is 0 Å². The highest BCUT2D eigenvalue weighted by atomic mass is 19.4. The molecule has 1 saturated carbocycles. The first-order chi connectivity index (χ1) is 7.49. The fourth-order valence-corrected chi connectivity index (χ4v) is 1.56. The largest absolute Gasteiger partial charge is 0.573 e. The van der Waals surface area contributed by atoms with Gasteiger partial charge in [0.1, 0.15) is 12.4 Å². The Balaban J connectivity index is 2.24. The van der Waals surface area contributed by atoms with E-state index >= 15 is 0 Å². The maximum atomic E-state index is 12.0. The van der Waals surface area contributed by atoms with Gasteiger partial charge in [0.2, 0.25) is 0 Å². The summed E-state index contributed by atoms with van der Waals surface area (Å²) >= 11 is 0. The van der Waals surface area contributed by atoms with Crippen LogP contribution in [0.3, 0.4) is 0 Å². The zero-order chi connectivity index (χ0) is 11.8. The van der Waals surface area contributed by atoms with Crippen LogP contribution in [-0.2, 0) is 0 Å². The number of benzene rings is 1. The Morgan fingerprint density at radius 3 is 2.50 bits per heavy atom. The van der Waals surface area contributed by atoms with Gasteiger partial charge < -0.3 is 9.84 Å². The van der Waals surface area contributed by atoms with Crippen LogP contribution in [0.5, 0.6) is 5.75 Å². The minimum absolute atomic E-state index is 0.0572. The Morgan fingerprint density at radius 2 is 2.00 bits per heavy atom. The van der Waals surface area contributed by atoms with Gasteiger partial charge in [-0.1, -0.05) is 6.07 Å². The Kier molecular flexibility index (Phi) is 2.80. The zero-order valence-electron chi connectivity index (χ0n) is 8.29. The Bertz CT molecular complexity index is 383. The normalized spacial score (nSPS) is 16.2. The second-order valence-corrected chi connectivity index (χ2v) is 3.75. The van der Waals surface area contributed by atoms with Crippen LogP contribution in [0.2, 0.25) is 0 Å². The monoisotopic (exact) mass is 231 g/mol. The highest BCUT2D eigenvalue weighted by Gasteiger charge is 2.32. The molecule has 1 aromatic rings. The highest BCUT2D eigenvalue weighted by molar-refractivity contribution is 5.42. The van der Waals surface area contributed by atoms with Gasteiger partial charge in [-0.3, -0.25) is 0 Å². The number of aliphatic hydroxyl groups excluding tert-OH is 1. The topological polar surface area (TPSA) is 29.5 Å². The van der Waals surface area contributed by atoms with Crippen LogP contribution in [0, 0.1) is 6.61 Å². The van der Waals surface area contributed by atoms with Crippen molar-refractivity contribution >= 4 is 0 Å². The average molecular weight is 231 g/mol. The maximum Gasteiger partial charge on any atom is 0.573 e. The molecule has 2 nitrogen and oxygen atoms in total. The van der Waals surface area contributed by atoms with Gasteiger partial charge in [0, 0.05) is 5.56 Å². The summed E-state index contributed by atoms with van der Waals surface area (Å²) in [7, 11) is 0. The summed E-state index contributed by atoms with van der Waals surface area (Å²) in [5, 5.41) is 8.87. The van der Waals surface area contributed by atoms with E-state index in [2.05, 4.69) is 4.74 Å². The van der Waals surface area contributed by atoms with E-state index in [-0.39, 0.29) is 11.3 Å². The first-order valence-electron chi connectivity index (χ1n) is 4.87. The van der Waals surface area contributed by atoms with Crippen LogP contribution < -0.4 is 4.74 Å².